The van der Waals surface area contributed by atoms with Gasteiger partial charge in [-0.25, -0.2) is 0 Å². The van der Waals surface area contributed by atoms with Crippen LogP contribution in [0.5, 0.6) is 5.75 Å². The van der Waals surface area contributed by atoms with Crippen LogP contribution in [-0.2, 0) is 22.6 Å². The summed E-state index contributed by atoms with van der Waals surface area (Å²) in [7, 11) is 0. The lowest BCUT2D eigenvalue weighted by atomic mass is 10.0. The van der Waals surface area contributed by atoms with Crippen LogP contribution < -0.4 is 10.1 Å². The molecule has 0 bridgehead atoms. The molecule has 0 heterocycles. The number of carbonyl (C=O) groups excluding carboxylic acids is 2. The van der Waals surface area contributed by atoms with Gasteiger partial charge < -0.3 is 15.0 Å². The fraction of sp³-hybridized carbons (Fsp3) is 0.310. The van der Waals surface area contributed by atoms with Crippen molar-refractivity contribution in [2.75, 3.05) is 13.2 Å². The zero-order chi connectivity index (χ0) is 24.5. The van der Waals surface area contributed by atoms with Crippen molar-refractivity contribution in [1.29, 1.82) is 0 Å². The molecule has 0 unspecified atom stereocenters. The van der Waals surface area contributed by atoms with Crippen LogP contribution in [0.15, 0.2) is 72.8 Å². The molecule has 3 aromatic rings. The topological polar surface area (TPSA) is 58.6 Å². The quantitative estimate of drug-likeness (QED) is 0.476. The molecule has 1 N–H and O–H groups in total. The Morgan fingerprint density at radius 1 is 0.882 bits per heavy atom. The lowest BCUT2D eigenvalue weighted by molar-refractivity contribution is -0.142. The monoisotopic (exact) mass is 458 g/mol. The molecule has 0 spiro atoms. The molecule has 0 aliphatic carbocycles. The Kier molecular flexibility index (Phi) is 8.86. The highest BCUT2D eigenvalue weighted by atomic mass is 16.5. The summed E-state index contributed by atoms with van der Waals surface area (Å²) in [6, 6.07) is 23.0. The SMILES string of the molecule is CCNC(=O)[C@@H](Cc1ccccc1)N(Cc1cccc(C)c1)C(=O)COc1ccc(C)cc1C. The van der Waals surface area contributed by atoms with Gasteiger partial charge in [0.15, 0.2) is 6.61 Å². The molecule has 0 aliphatic heterocycles. The lowest BCUT2D eigenvalue weighted by Gasteiger charge is -2.31. The third kappa shape index (κ3) is 6.95. The van der Waals surface area contributed by atoms with Crippen molar-refractivity contribution in [2.24, 2.45) is 0 Å². The number of rotatable bonds is 10. The van der Waals surface area contributed by atoms with E-state index in [1.54, 1.807) is 4.90 Å². The molecular formula is C29H34N2O3. The number of carbonyl (C=O) groups is 2. The van der Waals surface area contributed by atoms with Gasteiger partial charge in [-0.05, 0) is 50.5 Å². The second-order valence-corrected chi connectivity index (χ2v) is 8.67. The average molecular weight is 459 g/mol. The van der Waals surface area contributed by atoms with Crippen molar-refractivity contribution in [3.05, 3.63) is 101 Å². The maximum atomic E-state index is 13.5. The van der Waals surface area contributed by atoms with E-state index < -0.39 is 6.04 Å². The summed E-state index contributed by atoms with van der Waals surface area (Å²) in [6.07, 6.45) is 0.424. The van der Waals surface area contributed by atoms with Crippen LogP contribution in [0.4, 0.5) is 0 Å². The number of nitrogens with one attached hydrogen (secondary N) is 1. The van der Waals surface area contributed by atoms with Gasteiger partial charge in [-0.2, -0.15) is 0 Å². The summed E-state index contributed by atoms with van der Waals surface area (Å²) < 4.78 is 5.91. The van der Waals surface area contributed by atoms with Crippen molar-refractivity contribution in [1.82, 2.24) is 10.2 Å². The van der Waals surface area contributed by atoms with E-state index in [0.717, 1.165) is 27.8 Å². The highest BCUT2D eigenvalue weighted by Crippen LogP contribution is 2.20. The van der Waals surface area contributed by atoms with Crippen LogP contribution in [0.3, 0.4) is 0 Å². The number of aryl methyl sites for hydroxylation is 3. The molecule has 0 aliphatic rings. The Hall–Kier alpha value is -3.60. The summed E-state index contributed by atoms with van der Waals surface area (Å²) in [5, 5.41) is 2.91. The van der Waals surface area contributed by atoms with Crippen LogP contribution >= 0.6 is 0 Å². The zero-order valence-electron chi connectivity index (χ0n) is 20.5. The minimum atomic E-state index is -0.655. The highest BCUT2D eigenvalue weighted by Gasteiger charge is 2.30. The van der Waals surface area contributed by atoms with Gasteiger partial charge >= 0.3 is 0 Å². The van der Waals surface area contributed by atoms with Gasteiger partial charge in [-0.15, -0.1) is 0 Å². The number of ether oxygens (including phenoxy) is 1. The molecule has 0 saturated heterocycles. The molecule has 178 valence electrons. The van der Waals surface area contributed by atoms with Crippen LogP contribution in [0.1, 0.15) is 34.7 Å². The number of hydrogen-bond donors (Lipinski definition) is 1. The minimum Gasteiger partial charge on any atom is -0.483 e. The number of amides is 2. The van der Waals surface area contributed by atoms with E-state index in [1.165, 1.54) is 0 Å². The van der Waals surface area contributed by atoms with Crippen LogP contribution in [0.2, 0.25) is 0 Å². The summed E-state index contributed by atoms with van der Waals surface area (Å²) in [5.41, 5.74) is 5.19. The van der Waals surface area contributed by atoms with Gasteiger partial charge in [0.1, 0.15) is 11.8 Å². The van der Waals surface area contributed by atoms with Crippen LogP contribution in [0.25, 0.3) is 0 Å². The first-order chi connectivity index (χ1) is 16.4. The Morgan fingerprint density at radius 3 is 2.26 bits per heavy atom. The number of benzene rings is 3. The molecule has 0 aromatic heterocycles. The molecule has 34 heavy (non-hydrogen) atoms. The first kappa shape index (κ1) is 25.0. The smallest absolute Gasteiger partial charge is 0.261 e. The number of hydrogen-bond acceptors (Lipinski definition) is 3. The largest absolute Gasteiger partial charge is 0.483 e. The van der Waals surface area contributed by atoms with Gasteiger partial charge in [0, 0.05) is 19.5 Å². The predicted molar refractivity (Wildman–Crippen MR) is 136 cm³/mol. The first-order valence-electron chi connectivity index (χ1n) is 11.7. The molecule has 2 amide bonds. The summed E-state index contributed by atoms with van der Waals surface area (Å²) in [5.74, 6) is 0.277. The maximum absolute atomic E-state index is 13.5. The van der Waals surface area contributed by atoms with E-state index in [1.807, 2.05) is 100 Å². The first-order valence-corrected chi connectivity index (χ1v) is 11.7. The standard InChI is InChI=1S/C29H34N2O3/c1-5-30-29(33)26(18-24-11-7-6-8-12-24)31(19-25-13-9-10-21(2)17-25)28(32)20-34-27-15-14-22(3)16-23(27)4/h6-17,26H,5,18-20H2,1-4H3,(H,30,33)/t26-/m1/s1. The third-order valence-corrected chi connectivity index (χ3v) is 5.74. The van der Waals surface area contributed by atoms with Gasteiger partial charge in [-0.1, -0.05) is 77.9 Å². The molecule has 5 nitrogen and oxygen atoms in total. The second kappa shape index (κ2) is 12.0. The highest BCUT2D eigenvalue weighted by molar-refractivity contribution is 5.88. The zero-order valence-corrected chi connectivity index (χ0v) is 20.5. The summed E-state index contributed by atoms with van der Waals surface area (Å²) in [6.45, 7) is 8.56. The van der Waals surface area contributed by atoms with E-state index in [-0.39, 0.29) is 18.4 Å². The van der Waals surface area contributed by atoms with Crippen molar-refractivity contribution in [3.63, 3.8) is 0 Å². The molecular weight excluding hydrogens is 424 g/mol. The van der Waals surface area contributed by atoms with Crippen LogP contribution in [0, 0.1) is 20.8 Å². The van der Waals surface area contributed by atoms with Crippen molar-refractivity contribution >= 4 is 11.8 Å². The van der Waals surface area contributed by atoms with Crippen molar-refractivity contribution in [3.8, 4) is 5.75 Å². The van der Waals surface area contributed by atoms with Gasteiger partial charge in [0.05, 0.1) is 0 Å². The van der Waals surface area contributed by atoms with Gasteiger partial charge in [0.2, 0.25) is 5.91 Å². The van der Waals surface area contributed by atoms with Gasteiger partial charge in [-0.3, -0.25) is 9.59 Å². The molecule has 5 heteroatoms. The normalized spacial score (nSPS) is 11.5. The Balaban J connectivity index is 1.90. The van der Waals surface area contributed by atoms with E-state index in [9.17, 15) is 9.59 Å². The molecule has 1 atom stereocenters. The minimum absolute atomic E-state index is 0.138. The second-order valence-electron chi connectivity index (χ2n) is 8.67. The molecule has 3 aromatic carbocycles. The fourth-order valence-electron chi connectivity index (χ4n) is 4.04. The lowest BCUT2D eigenvalue weighted by Crippen LogP contribution is -2.51. The van der Waals surface area contributed by atoms with E-state index in [2.05, 4.69) is 5.32 Å². The fourth-order valence-corrected chi connectivity index (χ4v) is 4.04. The Bertz CT molecular complexity index is 1110. The summed E-state index contributed by atoms with van der Waals surface area (Å²) >= 11 is 0. The summed E-state index contributed by atoms with van der Waals surface area (Å²) in [4.78, 5) is 28.4. The maximum Gasteiger partial charge on any atom is 0.261 e. The Morgan fingerprint density at radius 2 is 1.59 bits per heavy atom. The predicted octanol–water partition coefficient (Wildman–Crippen LogP) is 4.77. The molecule has 0 saturated carbocycles. The van der Waals surface area contributed by atoms with Gasteiger partial charge in [0.25, 0.3) is 5.91 Å². The Labute approximate surface area is 202 Å². The van der Waals surface area contributed by atoms with Crippen molar-refractivity contribution < 1.29 is 14.3 Å². The number of nitrogens with zero attached hydrogens (tertiary/aromatic N) is 1. The molecule has 0 radical (unpaired) electrons. The average Bonchev–Trinajstić information content (AvgIpc) is 2.81. The van der Waals surface area contributed by atoms with E-state index >= 15 is 0 Å². The van der Waals surface area contributed by atoms with E-state index in [4.69, 9.17) is 4.74 Å². The van der Waals surface area contributed by atoms with Crippen molar-refractivity contribution in [2.45, 2.75) is 46.7 Å². The van der Waals surface area contributed by atoms with Crippen LogP contribution in [-0.4, -0.2) is 35.9 Å². The third-order valence-electron chi connectivity index (χ3n) is 5.74. The number of likely N-dealkylation sites (N-methyl/N-ethyl adjacent to an activating group) is 1. The van der Waals surface area contributed by atoms with E-state index in [0.29, 0.717) is 25.3 Å². The molecule has 3 rings (SSSR count). The molecule has 0 fully saturated rings.